The lowest BCUT2D eigenvalue weighted by Gasteiger charge is -1.89. The number of rotatable bonds is 0. The molecule has 13 nitrogen and oxygen atoms in total. The molecule has 2 aliphatic rings. The van der Waals surface area contributed by atoms with E-state index in [9.17, 15) is 0 Å². The molecule has 0 aromatic carbocycles. The highest BCUT2D eigenvalue weighted by molar-refractivity contribution is 7.09. The summed E-state index contributed by atoms with van der Waals surface area (Å²) in [5, 5.41) is 5.46. The maximum absolute atomic E-state index is 5.06. The van der Waals surface area contributed by atoms with Crippen LogP contribution < -0.4 is 0 Å². The molecule has 7 aromatic heterocycles. The average molecular weight is 1070 g/mol. The van der Waals surface area contributed by atoms with Crippen molar-refractivity contribution in [3.63, 3.8) is 0 Å². The lowest BCUT2D eigenvalue weighted by atomic mass is 10.2. The number of ether oxygens (including phenoxy) is 1. The number of H-pyrrole nitrogens is 1. The van der Waals surface area contributed by atoms with E-state index in [4.69, 9.17) is 9.15 Å². The van der Waals surface area contributed by atoms with Gasteiger partial charge in [0.2, 0.25) is 0 Å². The van der Waals surface area contributed by atoms with Crippen molar-refractivity contribution >= 4 is 29.1 Å². The van der Waals surface area contributed by atoms with Crippen molar-refractivity contribution in [2.75, 3.05) is 13.2 Å². The number of aromatic nitrogens is 9. The smallest absolute Gasteiger partial charge is 0.180 e. The zero-order chi connectivity index (χ0) is 59.1. The summed E-state index contributed by atoms with van der Waals surface area (Å²) in [6.07, 6.45) is 26.8. The standard InChI is InChI=1S/C6H7N.C5H6N2.C5H7N.C5H10O.C4H6N2.2C4H5NO.2C4H5NS.9C2H6/c1-6-3-2-4-7-5-6;1-5-2-6-4-7-3-5;1-5-3-2-4-6-5;1-5-2-3-6-4-5;2*1-4-2-5-3-6-4;1-4-2-3-5-6-4;1-4-2-5-3-6-4;1-4-2-5-6-3-4;9*1-2/h2-5H,1H3;2-4H,1H3;3-4H,2H2,1H3;5H,2-4H2,1H3;2-3H,1H3,(H,5,6);4*2-3H,1H3;9*1-2H3. The van der Waals surface area contributed by atoms with Crippen LogP contribution in [0.2, 0.25) is 0 Å². The summed E-state index contributed by atoms with van der Waals surface area (Å²) < 4.78 is 18.2. The summed E-state index contributed by atoms with van der Waals surface area (Å²) in [6.45, 7) is 55.9. The van der Waals surface area contributed by atoms with Gasteiger partial charge in [-0.2, -0.15) is 0 Å². The summed E-state index contributed by atoms with van der Waals surface area (Å²) in [4.78, 5) is 30.8. The third-order valence-corrected chi connectivity index (χ3v) is 7.75. The van der Waals surface area contributed by atoms with Gasteiger partial charge >= 0.3 is 0 Å². The molecule has 1 saturated heterocycles. The van der Waals surface area contributed by atoms with E-state index in [-0.39, 0.29) is 0 Å². The molecule has 15 heteroatoms. The first-order chi connectivity index (χ1) is 36.0. The van der Waals surface area contributed by atoms with Crippen molar-refractivity contribution in [2.24, 2.45) is 10.9 Å². The monoisotopic (exact) mass is 1070 g/mol. The number of aryl methyl sites for hydroxylation is 7. The fraction of sp³-hybridized carbons (Fsp3) is 0.542. The molecule has 1 atom stereocenters. The molecule has 1 N–H and O–H groups in total. The maximum atomic E-state index is 5.06. The Bertz CT molecular complexity index is 1620. The predicted octanol–water partition coefficient (Wildman–Crippen LogP) is 19.4. The highest BCUT2D eigenvalue weighted by Crippen LogP contribution is 2.09. The number of imidazole rings is 1. The lowest BCUT2D eigenvalue weighted by molar-refractivity contribution is 0.188. The van der Waals surface area contributed by atoms with E-state index in [0.29, 0.717) is 0 Å². The summed E-state index contributed by atoms with van der Waals surface area (Å²) in [5.41, 5.74) is 7.64. The number of nitrogens with one attached hydrogen (secondary N) is 1. The number of aliphatic imine (C=N–C) groups is 1. The van der Waals surface area contributed by atoms with E-state index in [1.54, 1.807) is 60.9 Å². The van der Waals surface area contributed by atoms with Gasteiger partial charge in [-0.1, -0.05) is 149 Å². The molecule has 1 fully saturated rings. The number of thiazole rings is 1. The Labute approximate surface area is 463 Å². The van der Waals surface area contributed by atoms with E-state index in [1.165, 1.54) is 46.7 Å². The molecule has 1 unspecified atom stereocenters. The molecule has 0 radical (unpaired) electrons. The fourth-order valence-electron chi connectivity index (χ4n) is 3.37. The van der Waals surface area contributed by atoms with Crippen LogP contribution >= 0.6 is 22.9 Å². The van der Waals surface area contributed by atoms with Gasteiger partial charge in [-0.05, 0) is 102 Å². The van der Waals surface area contributed by atoms with Crippen LogP contribution in [0.5, 0.6) is 0 Å². The largest absolute Gasteiger partial charge is 0.449 e. The van der Waals surface area contributed by atoms with Gasteiger partial charge in [0, 0.05) is 96.9 Å². The quantitative estimate of drug-likeness (QED) is 0.154. The summed E-state index contributed by atoms with van der Waals surface area (Å²) >= 11 is 3.16. The number of hydrogen-bond donors (Lipinski definition) is 1. The second kappa shape index (κ2) is 84.3. The van der Waals surface area contributed by atoms with E-state index in [1.807, 2.05) is 228 Å². The summed E-state index contributed by atoms with van der Waals surface area (Å²) in [7, 11) is 0. The Morgan fingerprint density at radius 2 is 1.18 bits per heavy atom. The van der Waals surface area contributed by atoms with E-state index in [0.717, 1.165) is 54.0 Å². The molecule has 426 valence electrons. The van der Waals surface area contributed by atoms with Crippen LogP contribution in [0.1, 0.15) is 190 Å². The van der Waals surface area contributed by atoms with Gasteiger partial charge < -0.3 is 18.7 Å². The Hall–Kier alpha value is -5.51. The summed E-state index contributed by atoms with van der Waals surface area (Å²) in [6, 6.07) is 5.75. The number of pyridine rings is 1. The van der Waals surface area contributed by atoms with Crippen molar-refractivity contribution in [3.8, 4) is 0 Å². The van der Waals surface area contributed by atoms with Crippen molar-refractivity contribution < 1.29 is 13.7 Å². The number of allylic oxidation sites excluding steroid dienone is 2. The number of aromatic amines is 1. The van der Waals surface area contributed by atoms with Gasteiger partial charge in [-0.3, -0.25) is 15.0 Å². The van der Waals surface area contributed by atoms with Crippen LogP contribution in [0.15, 0.2) is 130 Å². The highest BCUT2D eigenvalue weighted by atomic mass is 32.1. The first-order valence-corrected chi connectivity index (χ1v) is 28.5. The number of nitrogens with zero attached hydrogens (tertiary/aromatic N) is 9. The lowest BCUT2D eigenvalue weighted by Crippen LogP contribution is -1.88. The van der Waals surface area contributed by atoms with Crippen molar-refractivity contribution in [1.29, 1.82) is 0 Å². The summed E-state index contributed by atoms with van der Waals surface area (Å²) in [5.74, 6) is 2.54. The van der Waals surface area contributed by atoms with E-state index < -0.39 is 0 Å². The molecule has 0 spiro atoms. The van der Waals surface area contributed by atoms with Crippen LogP contribution in [0.4, 0.5) is 0 Å². The molecule has 0 bridgehead atoms. The molecule has 9 heterocycles. The Morgan fingerprint density at radius 3 is 1.32 bits per heavy atom. The second-order valence-electron chi connectivity index (χ2n) is 12.1. The van der Waals surface area contributed by atoms with Crippen LogP contribution in [0, 0.1) is 54.4 Å². The molecule has 9 rings (SSSR count). The first-order valence-electron chi connectivity index (χ1n) is 26.8. The molecule has 0 saturated carbocycles. The second-order valence-corrected chi connectivity index (χ2v) is 13.8. The SMILES string of the molecule is CC.CC.CC.CC.CC.CC.CC.CC.CC.CC1=CCC=N1.CC1CCOC1.Cc1cccnc1.Cc1ccno1.Cc1cnc[nH]1.Cc1cncnc1.Cc1cnco1.Cc1cncs1.Cc1cnsc1. The van der Waals surface area contributed by atoms with Gasteiger partial charge in [0.15, 0.2) is 6.39 Å². The van der Waals surface area contributed by atoms with E-state index in [2.05, 4.69) is 66.9 Å². The predicted molar refractivity (Wildman–Crippen MR) is 329 cm³/mol. The van der Waals surface area contributed by atoms with Gasteiger partial charge in [0.05, 0.1) is 24.2 Å². The molecular formula is C59H110N10O3S2. The van der Waals surface area contributed by atoms with Crippen LogP contribution in [0.25, 0.3) is 0 Å². The Balaban J connectivity index is -0.0000000884. The van der Waals surface area contributed by atoms with Crippen molar-refractivity contribution in [1.82, 2.24) is 44.4 Å². The third kappa shape index (κ3) is 80.6. The molecular weight excluding hydrogens is 961 g/mol. The molecule has 0 aliphatic carbocycles. The maximum Gasteiger partial charge on any atom is 0.180 e. The third-order valence-electron chi connectivity index (χ3n) is 6.34. The normalized spacial score (nSPS) is 10.3. The van der Waals surface area contributed by atoms with Gasteiger partial charge in [0.25, 0.3) is 0 Å². The van der Waals surface area contributed by atoms with Crippen molar-refractivity contribution in [3.05, 3.63) is 154 Å². The van der Waals surface area contributed by atoms with Crippen LogP contribution in [-0.2, 0) is 4.74 Å². The van der Waals surface area contributed by atoms with Gasteiger partial charge in [0.1, 0.15) is 17.8 Å². The minimum absolute atomic E-state index is 0.824. The average Bonchev–Trinajstić information content (AvgIpc) is 4.33. The number of oxazole rings is 1. The Kier molecular flexibility index (Phi) is 100. The zero-order valence-electron chi connectivity index (χ0n) is 51.9. The van der Waals surface area contributed by atoms with E-state index >= 15 is 0 Å². The number of hydrogen-bond acceptors (Lipinski definition) is 14. The molecule has 0 amide bonds. The van der Waals surface area contributed by atoms with Crippen LogP contribution in [-0.4, -0.2) is 63.8 Å². The zero-order valence-corrected chi connectivity index (χ0v) is 53.6. The first kappa shape index (κ1) is 88.1. The molecule has 74 heavy (non-hydrogen) atoms. The minimum atomic E-state index is 0.824. The highest BCUT2D eigenvalue weighted by Gasteiger charge is 2.07. The fourth-order valence-corrected chi connectivity index (χ4v) is 4.29. The van der Waals surface area contributed by atoms with Gasteiger partial charge in [-0.25, -0.2) is 24.3 Å². The van der Waals surface area contributed by atoms with Crippen LogP contribution in [0.3, 0.4) is 0 Å². The topological polar surface area (TPSA) is 167 Å². The molecule has 2 aliphatic heterocycles. The minimum Gasteiger partial charge on any atom is -0.449 e. The van der Waals surface area contributed by atoms with Crippen molar-refractivity contribution in [2.45, 2.75) is 200 Å². The van der Waals surface area contributed by atoms with Gasteiger partial charge in [-0.15, -0.1) is 11.3 Å². The molecule has 7 aromatic rings. The Morgan fingerprint density at radius 1 is 0.581 bits per heavy atom.